The van der Waals surface area contributed by atoms with Crippen LogP contribution in [0.2, 0.25) is 10.0 Å². The molecule has 120 valence electrons. The summed E-state index contributed by atoms with van der Waals surface area (Å²) in [7, 11) is 0. The molecule has 2 aliphatic heterocycles. The van der Waals surface area contributed by atoms with Crippen LogP contribution in [0.3, 0.4) is 0 Å². The predicted molar refractivity (Wildman–Crippen MR) is 90.4 cm³/mol. The molecule has 1 aromatic carbocycles. The average Bonchev–Trinajstić information content (AvgIpc) is 2.87. The Kier molecular flexibility index (Phi) is 5.27. The highest BCUT2D eigenvalue weighted by Gasteiger charge is 2.31. The average molecular weight is 341 g/mol. The summed E-state index contributed by atoms with van der Waals surface area (Å²) in [6.07, 6.45) is 3.54. The van der Waals surface area contributed by atoms with E-state index in [1.165, 1.54) is 0 Å². The summed E-state index contributed by atoms with van der Waals surface area (Å²) in [4.78, 5) is 14.5. The van der Waals surface area contributed by atoms with Gasteiger partial charge in [-0.2, -0.15) is 0 Å². The van der Waals surface area contributed by atoms with Crippen molar-refractivity contribution in [1.82, 2.24) is 10.2 Å². The minimum absolute atomic E-state index is 0.263. The van der Waals surface area contributed by atoms with Crippen molar-refractivity contribution in [3.05, 3.63) is 33.8 Å². The Bertz CT molecular complexity index is 535. The van der Waals surface area contributed by atoms with Gasteiger partial charge in [0.1, 0.15) is 0 Å². The Balaban J connectivity index is 1.52. The van der Waals surface area contributed by atoms with Gasteiger partial charge in [0.25, 0.3) is 0 Å². The lowest BCUT2D eigenvalue weighted by atomic mass is 9.92. The molecular weight excluding hydrogens is 319 g/mol. The first-order valence-electron chi connectivity index (χ1n) is 8.06. The lowest BCUT2D eigenvalue weighted by Crippen LogP contribution is -2.32. The van der Waals surface area contributed by atoms with E-state index in [2.05, 4.69) is 10.2 Å². The summed E-state index contributed by atoms with van der Waals surface area (Å²) in [5, 5.41) is 4.58. The molecule has 2 fully saturated rings. The van der Waals surface area contributed by atoms with E-state index in [0.717, 1.165) is 62.8 Å². The third-order valence-corrected chi connectivity index (χ3v) is 5.72. The van der Waals surface area contributed by atoms with Gasteiger partial charge in [-0.3, -0.25) is 4.79 Å². The van der Waals surface area contributed by atoms with Gasteiger partial charge >= 0.3 is 0 Å². The smallest absolute Gasteiger partial charge is 0.222 e. The molecule has 2 aliphatic rings. The largest absolute Gasteiger partial charge is 0.343 e. The normalized spacial score (nSPS) is 24.9. The zero-order valence-electron chi connectivity index (χ0n) is 12.7. The first kappa shape index (κ1) is 16.1. The molecule has 0 spiro atoms. The van der Waals surface area contributed by atoms with Crippen LogP contribution in [0.5, 0.6) is 0 Å². The number of nitrogens with one attached hydrogen (secondary N) is 1. The van der Waals surface area contributed by atoms with E-state index in [1.54, 1.807) is 6.07 Å². The Morgan fingerprint density at radius 1 is 1.14 bits per heavy atom. The van der Waals surface area contributed by atoms with E-state index >= 15 is 0 Å². The molecule has 2 saturated heterocycles. The maximum Gasteiger partial charge on any atom is 0.222 e. The maximum atomic E-state index is 12.4. The monoisotopic (exact) mass is 340 g/mol. The number of rotatable bonds is 3. The summed E-state index contributed by atoms with van der Waals surface area (Å²) >= 11 is 11.9. The molecule has 5 heteroatoms. The number of carbonyl (C=O) groups excluding carboxylic acids is 1. The highest BCUT2D eigenvalue weighted by atomic mass is 35.5. The van der Waals surface area contributed by atoms with Crippen molar-refractivity contribution in [1.29, 1.82) is 0 Å². The van der Waals surface area contributed by atoms with Crippen LogP contribution in [-0.4, -0.2) is 37.0 Å². The number of fused-ring (bicyclic) bond motifs is 1. The van der Waals surface area contributed by atoms with Crippen molar-refractivity contribution in [2.45, 2.75) is 25.7 Å². The fourth-order valence-electron chi connectivity index (χ4n) is 3.57. The number of benzene rings is 1. The fourth-order valence-corrected chi connectivity index (χ4v) is 3.89. The summed E-state index contributed by atoms with van der Waals surface area (Å²) in [5.41, 5.74) is 1.07. The zero-order valence-corrected chi connectivity index (χ0v) is 14.2. The molecule has 2 atom stereocenters. The Labute approximate surface area is 142 Å². The number of hydrogen-bond donors (Lipinski definition) is 1. The van der Waals surface area contributed by atoms with Gasteiger partial charge in [0, 0.05) is 19.5 Å². The molecule has 0 radical (unpaired) electrons. The number of carbonyl (C=O) groups is 1. The van der Waals surface area contributed by atoms with Crippen LogP contribution in [0.25, 0.3) is 0 Å². The van der Waals surface area contributed by atoms with Crippen molar-refractivity contribution in [3.8, 4) is 0 Å². The van der Waals surface area contributed by atoms with Gasteiger partial charge in [0.05, 0.1) is 10.0 Å². The molecule has 0 aliphatic carbocycles. The van der Waals surface area contributed by atoms with Gasteiger partial charge in [-0.15, -0.1) is 0 Å². The van der Waals surface area contributed by atoms with Crippen LogP contribution in [0, 0.1) is 11.8 Å². The number of likely N-dealkylation sites (tertiary alicyclic amines) is 1. The standard InChI is InChI=1S/C17H22Cl2N2O/c18-15-3-1-12(9-16(15)19)2-4-17(22)21-7-5-13-10-20-11-14(13)6-8-21/h1,3,9,13-14,20H,2,4-8,10-11H2/t13-,14+. The van der Waals surface area contributed by atoms with Crippen LogP contribution in [-0.2, 0) is 11.2 Å². The zero-order chi connectivity index (χ0) is 15.5. The number of nitrogens with zero attached hydrogens (tertiary/aromatic N) is 1. The van der Waals surface area contributed by atoms with E-state index in [4.69, 9.17) is 23.2 Å². The summed E-state index contributed by atoms with van der Waals surface area (Å²) < 4.78 is 0. The number of amides is 1. The SMILES string of the molecule is O=C(CCc1ccc(Cl)c(Cl)c1)N1CC[C@@H]2CNC[C@@H]2CC1. The molecule has 1 amide bonds. The topological polar surface area (TPSA) is 32.3 Å². The van der Waals surface area contributed by atoms with E-state index in [9.17, 15) is 4.79 Å². The molecule has 1 N–H and O–H groups in total. The third kappa shape index (κ3) is 3.76. The number of aryl methyl sites for hydroxylation is 1. The Morgan fingerprint density at radius 2 is 1.82 bits per heavy atom. The summed E-state index contributed by atoms with van der Waals surface area (Å²) in [6.45, 7) is 4.05. The van der Waals surface area contributed by atoms with Gasteiger partial charge in [-0.25, -0.2) is 0 Å². The molecule has 0 aromatic heterocycles. The molecule has 1 aromatic rings. The molecule has 0 bridgehead atoms. The van der Waals surface area contributed by atoms with Crippen LogP contribution < -0.4 is 5.32 Å². The van der Waals surface area contributed by atoms with Gasteiger partial charge in [-0.05, 0) is 61.9 Å². The molecule has 2 heterocycles. The van der Waals surface area contributed by atoms with Gasteiger partial charge in [0.2, 0.25) is 5.91 Å². The molecule has 3 nitrogen and oxygen atoms in total. The van der Waals surface area contributed by atoms with Crippen LogP contribution >= 0.6 is 23.2 Å². The van der Waals surface area contributed by atoms with Crippen LogP contribution in [0.1, 0.15) is 24.8 Å². The fraction of sp³-hybridized carbons (Fsp3) is 0.588. The first-order chi connectivity index (χ1) is 10.6. The number of hydrogen-bond acceptors (Lipinski definition) is 2. The quantitative estimate of drug-likeness (QED) is 0.914. The first-order valence-corrected chi connectivity index (χ1v) is 8.81. The minimum Gasteiger partial charge on any atom is -0.343 e. The van der Waals surface area contributed by atoms with Crippen molar-refractivity contribution in [2.75, 3.05) is 26.2 Å². The Morgan fingerprint density at radius 3 is 2.45 bits per heavy atom. The van der Waals surface area contributed by atoms with Crippen molar-refractivity contribution >= 4 is 29.1 Å². The minimum atomic E-state index is 0.263. The number of halogens is 2. The summed E-state index contributed by atoms with van der Waals surface area (Å²) in [5.74, 6) is 1.78. The highest BCUT2D eigenvalue weighted by molar-refractivity contribution is 6.42. The van der Waals surface area contributed by atoms with Crippen LogP contribution in [0.15, 0.2) is 18.2 Å². The molecular formula is C17H22Cl2N2O. The van der Waals surface area contributed by atoms with Gasteiger partial charge in [0.15, 0.2) is 0 Å². The van der Waals surface area contributed by atoms with Crippen molar-refractivity contribution < 1.29 is 4.79 Å². The molecule has 22 heavy (non-hydrogen) atoms. The van der Waals surface area contributed by atoms with Gasteiger partial charge in [-0.1, -0.05) is 29.3 Å². The predicted octanol–water partition coefficient (Wildman–Crippen LogP) is 3.38. The van der Waals surface area contributed by atoms with Crippen LogP contribution in [0.4, 0.5) is 0 Å². The van der Waals surface area contributed by atoms with Crippen molar-refractivity contribution in [2.24, 2.45) is 11.8 Å². The second-order valence-corrected chi connectivity index (χ2v) is 7.20. The molecule has 0 unspecified atom stereocenters. The van der Waals surface area contributed by atoms with E-state index < -0.39 is 0 Å². The molecule has 0 saturated carbocycles. The third-order valence-electron chi connectivity index (χ3n) is 4.98. The second kappa shape index (κ2) is 7.20. The summed E-state index contributed by atoms with van der Waals surface area (Å²) in [6, 6.07) is 5.60. The van der Waals surface area contributed by atoms with E-state index in [0.29, 0.717) is 16.5 Å². The lowest BCUT2D eigenvalue weighted by Gasteiger charge is -2.21. The molecule has 3 rings (SSSR count). The second-order valence-electron chi connectivity index (χ2n) is 6.39. The highest BCUT2D eigenvalue weighted by Crippen LogP contribution is 2.27. The lowest BCUT2D eigenvalue weighted by molar-refractivity contribution is -0.131. The maximum absolute atomic E-state index is 12.4. The Hall–Kier alpha value is -0.770. The van der Waals surface area contributed by atoms with E-state index in [-0.39, 0.29) is 5.91 Å². The van der Waals surface area contributed by atoms with Crippen molar-refractivity contribution in [3.63, 3.8) is 0 Å². The van der Waals surface area contributed by atoms with Gasteiger partial charge < -0.3 is 10.2 Å². The van der Waals surface area contributed by atoms with E-state index in [1.807, 2.05) is 12.1 Å².